The summed E-state index contributed by atoms with van der Waals surface area (Å²) in [5, 5.41) is 14.2. The van der Waals surface area contributed by atoms with Crippen molar-refractivity contribution in [2.24, 2.45) is 23.2 Å². The van der Waals surface area contributed by atoms with Crippen molar-refractivity contribution in [1.82, 2.24) is 9.97 Å². The van der Waals surface area contributed by atoms with Crippen LogP contribution in [0.15, 0.2) is 18.5 Å². The minimum atomic E-state index is -0.279. The number of pyridine rings is 1. The van der Waals surface area contributed by atoms with Gasteiger partial charge in [-0.15, -0.1) is 0 Å². The number of fused-ring (bicyclic) bond motifs is 3. The molecule has 3 aliphatic carbocycles. The van der Waals surface area contributed by atoms with Gasteiger partial charge in [-0.25, -0.2) is 4.98 Å². The number of esters is 1. The number of nitriles is 1. The zero-order chi connectivity index (χ0) is 18.6. The number of hydrogen-bond donors (Lipinski definition) is 2. The Hall–Kier alpha value is -2.55. The highest BCUT2D eigenvalue weighted by Gasteiger charge is 2.59. The second-order valence-electron chi connectivity index (χ2n) is 8.58. The second kappa shape index (κ2) is 5.98. The summed E-state index contributed by atoms with van der Waals surface area (Å²) in [5.41, 5.74) is 1.97. The smallest absolute Gasteiger partial charge is 0.312 e. The average Bonchev–Trinajstić information content (AvgIpc) is 3.16. The summed E-state index contributed by atoms with van der Waals surface area (Å²) in [7, 11) is 1.53. The lowest BCUT2D eigenvalue weighted by atomic mass is 9.48. The molecule has 0 amide bonds. The predicted molar refractivity (Wildman–Crippen MR) is 101 cm³/mol. The van der Waals surface area contributed by atoms with Crippen molar-refractivity contribution >= 4 is 22.7 Å². The van der Waals surface area contributed by atoms with E-state index >= 15 is 0 Å². The summed E-state index contributed by atoms with van der Waals surface area (Å²) in [6, 6.07) is 4.53. The van der Waals surface area contributed by atoms with Gasteiger partial charge in [-0.3, -0.25) is 4.79 Å². The van der Waals surface area contributed by atoms with Crippen LogP contribution in [0.25, 0.3) is 11.0 Å². The van der Waals surface area contributed by atoms with Gasteiger partial charge in [0.05, 0.1) is 23.8 Å². The van der Waals surface area contributed by atoms with Crippen LogP contribution in [0.1, 0.15) is 44.1 Å². The first kappa shape index (κ1) is 16.6. The summed E-state index contributed by atoms with van der Waals surface area (Å²) < 4.78 is 5.24. The van der Waals surface area contributed by atoms with Crippen molar-refractivity contribution in [3.05, 3.63) is 24.0 Å². The number of H-pyrrole nitrogens is 1. The molecule has 2 aromatic heterocycles. The highest BCUT2D eigenvalue weighted by molar-refractivity contribution is 5.92. The van der Waals surface area contributed by atoms with E-state index in [0.29, 0.717) is 23.3 Å². The van der Waals surface area contributed by atoms with Gasteiger partial charge in [0, 0.05) is 23.8 Å². The molecule has 2 aromatic rings. The molecule has 140 valence electrons. The van der Waals surface area contributed by atoms with Crippen LogP contribution in [-0.4, -0.2) is 29.1 Å². The van der Waals surface area contributed by atoms with Gasteiger partial charge in [-0.2, -0.15) is 5.26 Å². The molecule has 0 aliphatic heterocycles. The fraction of sp³-hybridized carbons (Fsp3) is 0.571. The van der Waals surface area contributed by atoms with Gasteiger partial charge in [0.15, 0.2) is 0 Å². The number of hydrogen-bond acceptors (Lipinski definition) is 5. The van der Waals surface area contributed by atoms with Crippen LogP contribution in [-0.2, 0) is 9.53 Å². The quantitative estimate of drug-likeness (QED) is 0.812. The molecule has 0 aromatic carbocycles. The molecule has 5 rings (SSSR count). The first-order valence-electron chi connectivity index (χ1n) is 9.86. The molecule has 3 aliphatic rings. The van der Waals surface area contributed by atoms with Crippen molar-refractivity contribution in [2.45, 2.75) is 44.6 Å². The van der Waals surface area contributed by atoms with Crippen LogP contribution in [0.4, 0.5) is 5.69 Å². The Morgan fingerprint density at radius 3 is 3.11 bits per heavy atom. The van der Waals surface area contributed by atoms with Gasteiger partial charge < -0.3 is 15.0 Å². The molecule has 6 nitrogen and oxygen atoms in total. The highest BCUT2D eigenvalue weighted by atomic mass is 16.5. The molecule has 3 fully saturated rings. The molecule has 0 spiro atoms. The minimum absolute atomic E-state index is 0.00463. The van der Waals surface area contributed by atoms with Crippen molar-refractivity contribution in [2.75, 3.05) is 12.4 Å². The molecule has 2 heterocycles. The number of ether oxygens (including phenoxy) is 1. The Morgan fingerprint density at radius 1 is 1.41 bits per heavy atom. The van der Waals surface area contributed by atoms with Crippen molar-refractivity contribution in [1.29, 1.82) is 5.26 Å². The van der Waals surface area contributed by atoms with Gasteiger partial charge in [-0.1, -0.05) is 6.42 Å². The van der Waals surface area contributed by atoms with Crippen molar-refractivity contribution in [3.8, 4) is 6.07 Å². The largest absolute Gasteiger partial charge is 0.469 e. The number of aromatic amines is 1. The van der Waals surface area contributed by atoms with Gasteiger partial charge in [0.25, 0.3) is 0 Å². The fourth-order valence-electron chi connectivity index (χ4n) is 6.22. The first-order valence-corrected chi connectivity index (χ1v) is 9.86. The summed E-state index contributed by atoms with van der Waals surface area (Å²) >= 11 is 0. The number of nitrogens with one attached hydrogen (secondary N) is 2. The van der Waals surface area contributed by atoms with E-state index in [2.05, 4.69) is 21.4 Å². The Bertz CT molecular complexity index is 945. The number of rotatable bonds is 3. The molecular formula is C21H24N4O2. The van der Waals surface area contributed by atoms with E-state index in [-0.39, 0.29) is 17.4 Å². The standard InChI is InChI=1S/C21H24N4O2/c1-27-20(26)21-8-12-2-3-15(21)7-17(13(6-12)9-21)25-18-14(10-22)11-24-19-16(18)4-5-23-19/h4-5,11-13,15,17H,2-3,6-9H2,1H3,(H2,23,24,25). The molecule has 5 unspecified atom stereocenters. The topological polar surface area (TPSA) is 90.8 Å². The van der Waals surface area contributed by atoms with E-state index in [9.17, 15) is 10.1 Å². The number of carbonyl (C=O) groups excluding carboxylic acids is 1. The predicted octanol–water partition coefficient (Wildman–Crippen LogP) is 3.60. The van der Waals surface area contributed by atoms with E-state index < -0.39 is 0 Å². The minimum Gasteiger partial charge on any atom is -0.469 e. The molecule has 3 saturated carbocycles. The Morgan fingerprint density at radius 2 is 2.30 bits per heavy atom. The lowest BCUT2D eigenvalue weighted by Crippen LogP contribution is -2.57. The zero-order valence-electron chi connectivity index (χ0n) is 15.5. The first-order chi connectivity index (χ1) is 13.1. The monoisotopic (exact) mass is 364 g/mol. The highest BCUT2D eigenvalue weighted by Crippen LogP contribution is 2.60. The van der Waals surface area contributed by atoms with Crippen molar-refractivity contribution in [3.63, 3.8) is 0 Å². The molecule has 6 heteroatoms. The van der Waals surface area contributed by atoms with Crippen molar-refractivity contribution < 1.29 is 9.53 Å². The van der Waals surface area contributed by atoms with Crippen LogP contribution in [0.3, 0.4) is 0 Å². The van der Waals surface area contributed by atoms with Gasteiger partial charge in [0.1, 0.15) is 11.7 Å². The van der Waals surface area contributed by atoms with Crippen LogP contribution < -0.4 is 5.32 Å². The maximum absolute atomic E-state index is 12.7. The lowest BCUT2D eigenvalue weighted by Gasteiger charge is -2.57. The summed E-state index contributed by atoms with van der Waals surface area (Å²) in [4.78, 5) is 20.2. The second-order valence-corrected chi connectivity index (χ2v) is 8.58. The van der Waals surface area contributed by atoms with Gasteiger partial charge in [-0.05, 0) is 55.9 Å². The van der Waals surface area contributed by atoms with Gasteiger partial charge >= 0.3 is 5.97 Å². The molecule has 27 heavy (non-hydrogen) atoms. The fourth-order valence-corrected chi connectivity index (χ4v) is 6.22. The normalized spacial score (nSPS) is 34.2. The Kier molecular flexibility index (Phi) is 3.68. The van der Waals surface area contributed by atoms with Crippen LogP contribution >= 0.6 is 0 Å². The number of nitrogens with zero attached hydrogens (tertiary/aromatic N) is 2. The Balaban J connectivity index is 1.50. The van der Waals surface area contributed by atoms with Crippen LogP contribution in [0, 0.1) is 34.5 Å². The summed E-state index contributed by atoms with van der Waals surface area (Å²) in [6.07, 6.45) is 9.85. The van der Waals surface area contributed by atoms with E-state index in [1.807, 2.05) is 12.3 Å². The maximum atomic E-state index is 12.7. The molecule has 2 N–H and O–H groups in total. The van der Waals surface area contributed by atoms with Crippen LogP contribution in [0.2, 0.25) is 0 Å². The third kappa shape index (κ3) is 2.37. The molecule has 0 radical (unpaired) electrons. The number of methoxy groups -OCH3 is 1. The van der Waals surface area contributed by atoms with E-state index in [0.717, 1.165) is 48.8 Å². The summed E-state index contributed by atoms with van der Waals surface area (Å²) in [6.45, 7) is 0. The molecular weight excluding hydrogens is 340 g/mol. The number of anilines is 1. The Labute approximate surface area is 158 Å². The SMILES string of the molecule is COC(=O)C12CC3CCC1CC(Nc1c(C#N)cnc4[nH]ccc14)C(C3)C2. The maximum Gasteiger partial charge on any atom is 0.312 e. The van der Waals surface area contributed by atoms with E-state index in [1.165, 1.54) is 13.5 Å². The van der Waals surface area contributed by atoms with Gasteiger partial charge in [0.2, 0.25) is 0 Å². The lowest BCUT2D eigenvalue weighted by molar-refractivity contribution is -0.172. The van der Waals surface area contributed by atoms with Crippen LogP contribution in [0.5, 0.6) is 0 Å². The number of carbonyl (C=O) groups is 1. The summed E-state index contributed by atoms with van der Waals surface area (Å²) in [5.74, 6) is 1.41. The average molecular weight is 364 g/mol. The zero-order valence-corrected chi connectivity index (χ0v) is 15.5. The van der Waals surface area contributed by atoms with E-state index in [4.69, 9.17) is 4.74 Å². The number of aromatic nitrogens is 2. The third-order valence-corrected chi connectivity index (χ3v) is 7.36. The van der Waals surface area contributed by atoms with E-state index in [1.54, 1.807) is 6.20 Å². The molecule has 5 atom stereocenters. The molecule has 3 bridgehead atoms. The third-order valence-electron chi connectivity index (χ3n) is 7.36. The molecule has 0 saturated heterocycles.